The van der Waals surface area contributed by atoms with Gasteiger partial charge in [0.05, 0.1) is 0 Å². The maximum absolute atomic E-state index is 11.6. The fourth-order valence-corrected chi connectivity index (χ4v) is 1.59. The van der Waals surface area contributed by atoms with Gasteiger partial charge < -0.3 is 10.6 Å². The summed E-state index contributed by atoms with van der Waals surface area (Å²) in [5, 5.41) is 6.08. The maximum atomic E-state index is 11.6. The fourth-order valence-electron chi connectivity index (χ4n) is 1.59. The van der Waals surface area contributed by atoms with Crippen molar-refractivity contribution >= 4 is 17.4 Å². The van der Waals surface area contributed by atoms with Crippen LogP contribution in [0.15, 0.2) is 24.3 Å². The Morgan fingerprint density at radius 1 is 1.21 bits per heavy atom. The van der Waals surface area contributed by atoms with Crippen LogP contribution in [0, 0.1) is 0 Å². The van der Waals surface area contributed by atoms with Crippen molar-refractivity contribution in [2.45, 2.75) is 39.7 Å². The van der Waals surface area contributed by atoms with Crippen LogP contribution in [0.4, 0.5) is 5.69 Å². The first-order chi connectivity index (χ1) is 9.02. The first-order valence-corrected chi connectivity index (χ1v) is 6.67. The molecule has 2 N–H and O–H groups in total. The summed E-state index contributed by atoms with van der Waals surface area (Å²) >= 11 is 0. The number of carbonyl (C=O) groups excluding carboxylic acids is 2. The van der Waals surface area contributed by atoms with Crippen LogP contribution in [-0.4, -0.2) is 24.3 Å². The summed E-state index contributed by atoms with van der Waals surface area (Å²) in [6.45, 7) is 6.16. The number of hydrogen-bond donors (Lipinski definition) is 2. The number of ketones is 1. The molecule has 1 unspecified atom stereocenters. The zero-order chi connectivity index (χ0) is 14.3. The van der Waals surface area contributed by atoms with E-state index < -0.39 is 0 Å². The molecule has 104 valence electrons. The lowest BCUT2D eigenvalue weighted by Gasteiger charge is -2.12. The van der Waals surface area contributed by atoms with Gasteiger partial charge in [0.25, 0.3) is 0 Å². The summed E-state index contributed by atoms with van der Waals surface area (Å²) in [6, 6.07) is 7.49. The largest absolute Gasteiger partial charge is 0.385 e. The highest BCUT2D eigenvalue weighted by Crippen LogP contribution is 2.09. The molecular formula is C15H22N2O2. The first-order valence-electron chi connectivity index (χ1n) is 6.67. The minimum atomic E-state index is 0.0551. The number of anilines is 1. The van der Waals surface area contributed by atoms with E-state index in [0.29, 0.717) is 18.5 Å². The van der Waals surface area contributed by atoms with Crippen molar-refractivity contribution in [1.82, 2.24) is 5.32 Å². The van der Waals surface area contributed by atoms with Gasteiger partial charge in [-0.05, 0) is 44.5 Å². The molecule has 0 heterocycles. The van der Waals surface area contributed by atoms with Crippen molar-refractivity contribution in [3.63, 3.8) is 0 Å². The second-order valence-corrected chi connectivity index (χ2v) is 4.69. The van der Waals surface area contributed by atoms with E-state index in [1.807, 2.05) is 26.0 Å². The molecule has 0 saturated heterocycles. The normalized spacial score (nSPS) is 11.7. The van der Waals surface area contributed by atoms with Gasteiger partial charge in [-0.25, -0.2) is 0 Å². The number of benzene rings is 1. The summed E-state index contributed by atoms with van der Waals surface area (Å²) in [6.07, 6.45) is 1.38. The lowest BCUT2D eigenvalue weighted by molar-refractivity contribution is -0.121. The van der Waals surface area contributed by atoms with E-state index >= 15 is 0 Å². The van der Waals surface area contributed by atoms with E-state index in [1.54, 1.807) is 19.1 Å². The van der Waals surface area contributed by atoms with Crippen LogP contribution in [0.3, 0.4) is 0 Å². The van der Waals surface area contributed by atoms with Crippen molar-refractivity contribution < 1.29 is 9.59 Å². The van der Waals surface area contributed by atoms with E-state index in [-0.39, 0.29) is 17.7 Å². The lowest BCUT2D eigenvalue weighted by atomic mass is 10.1. The van der Waals surface area contributed by atoms with Gasteiger partial charge in [0.2, 0.25) is 5.91 Å². The molecular weight excluding hydrogens is 240 g/mol. The third-order valence-corrected chi connectivity index (χ3v) is 2.99. The SMILES string of the molecule is CCC(C)NC(=O)CCNc1ccc(C(C)=O)cc1. The minimum absolute atomic E-state index is 0.0551. The predicted octanol–water partition coefficient (Wildman–Crippen LogP) is 2.61. The second-order valence-electron chi connectivity index (χ2n) is 4.69. The molecule has 0 radical (unpaired) electrons. The van der Waals surface area contributed by atoms with E-state index in [1.165, 1.54) is 0 Å². The maximum Gasteiger partial charge on any atom is 0.221 e. The molecule has 4 nitrogen and oxygen atoms in total. The average Bonchev–Trinajstić information content (AvgIpc) is 2.39. The lowest BCUT2D eigenvalue weighted by Crippen LogP contribution is -2.32. The Bertz CT molecular complexity index is 426. The van der Waals surface area contributed by atoms with Gasteiger partial charge in [0.1, 0.15) is 0 Å². The van der Waals surface area contributed by atoms with Crippen LogP contribution < -0.4 is 10.6 Å². The summed E-state index contributed by atoms with van der Waals surface area (Å²) in [7, 11) is 0. The van der Waals surface area contributed by atoms with Crippen LogP contribution in [0.2, 0.25) is 0 Å². The van der Waals surface area contributed by atoms with Crippen LogP contribution >= 0.6 is 0 Å². The molecule has 1 amide bonds. The first kappa shape index (κ1) is 15.2. The Morgan fingerprint density at radius 3 is 2.37 bits per heavy atom. The van der Waals surface area contributed by atoms with Gasteiger partial charge in [-0.2, -0.15) is 0 Å². The van der Waals surface area contributed by atoms with Crippen molar-refractivity contribution in [3.8, 4) is 0 Å². The highest BCUT2D eigenvalue weighted by molar-refractivity contribution is 5.94. The summed E-state index contributed by atoms with van der Waals surface area (Å²) in [4.78, 5) is 22.7. The Morgan fingerprint density at radius 2 is 1.84 bits per heavy atom. The van der Waals surface area contributed by atoms with E-state index in [4.69, 9.17) is 0 Å². The smallest absolute Gasteiger partial charge is 0.221 e. The highest BCUT2D eigenvalue weighted by Gasteiger charge is 2.05. The Kier molecular flexibility index (Phi) is 6.06. The standard InChI is InChI=1S/C15H22N2O2/c1-4-11(2)17-15(19)9-10-16-14-7-5-13(6-8-14)12(3)18/h5-8,11,16H,4,9-10H2,1-3H3,(H,17,19). The molecule has 0 aliphatic rings. The molecule has 0 bridgehead atoms. The van der Waals surface area contributed by atoms with Gasteiger partial charge in [-0.15, -0.1) is 0 Å². The van der Waals surface area contributed by atoms with Crippen LogP contribution in [0.1, 0.15) is 44.0 Å². The number of Topliss-reactive ketones (excluding diaryl/α,β-unsaturated/α-hetero) is 1. The number of hydrogen-bond acceptors (Lipinski definition) is 3. The summed E-state index contributed by atoms with van der Waals surface area (Å²) in [5.74, 6) is 0.113. The third kappa shape index (κ3) is 5.55. The number of nitrogens with one attached hydrogen (secondary N) is 2. The molecule has 0 aliphatic heterocycles. The van der Waals surface area contributed by atoms with Gasteiger partial charge in [-0.1, -0.05) is 6.92 Å². The molecule has 0 fully saturated rings. The quantitative estimate of drug-likeness (QED) is 0.743. The van der Waals surface area contributed by atoms with Gasteiger partial charge in [0.15, 0.2) is 5.78 Å². The topological polar surface area (TPSA) is 58.2 Å². The highest BCUT2D eigenvalue weighted by atomic mass is 16.1. The molecule has 1 rings (SSSR count). The molecule has 1 aromatic rings. The Labute approximate surface area is 114 Å². The third-order valence-electron chi connectivity index (χ3n) is 2.99. The molecule has 1 atom stereocenters. The minimum Gasteiger partial charge on any atom is -0.385 e. The van der Waals surface area contributed by atoms with Gasteiger partial charge in [-0.3, -0.25) is 9.59 Å². The molecule has 0 spiro atoms. The number of amides is 1. The molecule has 1 aromatic carbocycles. The number of carbonyl (C=O) groups is 2. The molecule has 4 heteroatoms. The molecule has 19 heavy (non-hydrogen) atoms. The molecule has 0 saturated carbocycles. The van der Waals surface area contributed by atoms with Crippen LogP contribution in [0.25, 0.3) is 0 Å². The number of rotatable bonds is 7. The van der Waals surface area contributed by atoms with Gasteiger partial charge in [0, 0.05) is 30.3 Å². The summed E-state index contributed by atoms with van der Waals surface area (Å²) in [5.41, 5.74) is 1.61. The molecule has 0 aromatic heterocycles. The van der Waals surface area contributed by atoms with Crippen LogP contribution in [-0.2, 0) is 4.79 Å². The van der Waals surface area contributed by atoms with Crippen LogP contribution in [0.5, 0.6) is 0 Å². The van der Waals surface area contributed by atoms with Crippen molar-refractivity contribution in [2.24, 2.45) is 0 Å². The zero-order valence-corrected chi connectivity index (χ0v) is 11.8. The van der Waals surface area contributed by atoms with Crippen molar-refractivity contribution in [1.29, 1.82) is 0 Å². The van der Waals surface area contributed by atoms with Gasteiger partial charge >= 0.3 is 0 Å². The van der Waals surface area contributed by atoms with E-state index in [9.17, 15) is 9.59 Å². The average molecular weight is 262 g/mol. The Hall–Kier alpha value is -1.84. The molecule has 0 aliphatic carbocycles. The zero-order valence-electron chi connectivity index (χ0n) is 11.8. The predicted molar refractivity (Wildman–Crippen MR) is 77.4 cm³/mol. The second kappa shape index (κ2) is 7.56. The fraction of sp³-hybridized carbons (Fsp3) is 0.467. The van der Waals surface area contributed by atoms with Crippen molar-refractivity contribution in [2.75, 3.05) is 11.9 Å². The van der Waals surface area contributed by atoms with E-state index in [2.05, 4.69) is 10.6 Å². The Balaban J connectivity index is 2.33. The monoisotopic (exact) mass is 262 g/mol. The van der Waals surface area contributed by atoms with E-state index in [0.717, 1.165) is 12.1 Å². The van der Waals surface area contributed by atoms with Crippen molar-refractivity contribution in [3.05, 3.63) is 29.8 Å². The summed E-state index contributed by atoms with van der Waals surface area (Å²) < 4.78 is 0.